The molecule has 1 rings (SSSR count). The first-order valence-electron chi connectivity index (χ1n) is 6.10. The van der Waals surface area contributed by atoms with Gasteiger partial charge in [0.2, 0.25) is 0 Å². The molecule has 1 unspecified atom stereocenters. The molecule has 0 heterocycles. The Morgan fingerprint density at radius 1 is 1.25 bits per heavy atom. The second-order valence-corrected chi connectivity index (χ2v) is 5.30. The molecule has 0 aliphatic heterocycles. The van der Waals surface area contributed by atoms with E-state index < -0.39 is 0 Å². The third-order valence-electron chi connectivity index (χ3n) is 3.36. The summed E-state index contributed by atoms with van der Waals surface area (Å²) in [5.74, 6) is 0.738. The van der Waals surface area contributed by atoms with E-state index in [4.69, 9.17) is 5.73 Å². The number of aryl methyl sites for hydroxylation is 1. The van der Waals surface area contributed by atoms with Crippen molar-refractivity contribution in [1.82, 2.24) is 0 Å². The Bertz CT molecular complexity index is 332. The summed E-state index contributed by atoms with van der Waals surface area (Å²) in [4.78, 5) is 0. The van der Waals surface area contributed by atoms with Crippen LogP contribution in [0.25, 0.3) is 0 Å². The molecule has 90 valence electrons. The van der Waals surface area contributed by atoms with Gasteiger partial charge in [-0.3, -0.25) is 0 Å². The normalized spacial score (nSPS) is 13.1. The molecule has 1 aromatic carbocycles. The minimum absolute atomic E-state index is 0.152. The number of hydrogen-bond acceptors (Lipinski definition) is 1. The molecule has 0 spiro atoms. The molecule has 0 bridgehead atoms. The molecule has 1 aromatic rings. The molecule has 2 N–H and O–H groups in total. The van der Waals surface area contributed by atoms with Crippen LogP contribution in [-0.2, 0) is 0 Å². The Kier molecular flexibility index (Phi) is 5.50. The molecular formula is C14H22BrN. The highest BCUT2D eigenvalue weighted by Gasteiger charge is 2.15. The van der Waals surface area contributed by atoms with Gasteiger partial charge in [0.1, 0.15) is 0 Å². The van der Waals surface area contributed by atoms with Gasteiger partial charge in [-0.1, -0.05) is 60.8 Å². The number of benzene rings is 1. The van der Waals surface area contributed by atoms with Gasteiger partial charge in [-0.15, -0.1) is 0 Å². The van der Waals surface area contributed by atoms with E-state index >= 15 is 0 Å². The van der Waals surface area contributed by atoms with E-state index in [1.54, 1.807) is 0 Å². The van der Waals surface area contributed by atoms with Crippen molar-refractivity contribution < 1.29 is 0 Å². The van der Waals surface area contributed by atoms with Crippen molar-refractivity contribution in [2.75, 3.05) is 0 Å². The maximum absolute atomic E-state index is 6.29. The molecular weight excluding hydrogens is 262 g/mol. The van der Waals surface area contributed by atoms with Crippen molar-refractivity contribution in [2.45, 2.75) is 46.1 Å². The van der Waals surface area contributed by atoms with Crippen LogP contribution in [0.5, 0.6) is 0 Å². The standard InChI is InChI=1S/C14H22BrN/c1-4-11(5-2)9-13(16)12-8-6-7-10(3)14(12)15/h6-8,11,13H,4-5,9,16H2,1-3H3. The first kappa shape index (κ1) is 13.7. The van der Waals surface area contributed by atoms with Crippen molar-refractivity contribution in [3.8, 4) is 0 Å². The smallest absolute Gasteiger partial charge is 0.0308 e. The monoisotopic (exact) mass is 283 g/mol. The molecule has 0 radical (unpaired) electrons. The lowest BCUT2D eigenvalue weighted by atomic mass is 9.91. The lowest BCUT2D eigenvalue weighted by Crippen LogP contribution is -2.15. The zero-order valence-corrected chi connectivity index (χ0v) is 12.0. The number of rotatable bonds is 5. The number of halogens is 1. The fraction of sp³-hybridized carbons (Fsp3) is 0.571. The molecule has 0 saturated heterocycles. The summed E-state index contributed by atoms with van der Waals surface area (Å²) in [6, 6.07) is 6.48. The quantitative estimate of drug-likeness (QED) is 0.841. The minimum Gasteiger partial charge on any atom is -0.324 e. The van der Waals surface area contributed by atoms with E-state index in [1.165, 1.54) is 28.4 Å². The molecule has 0 saturated carbocycles. The number of nitrogens with two attached hydrogens (primary N) is 1. The van der Waals surface area contributed by atoms with Crippen LogP contribution in [0.4, 0.5) is 0 Å². The van der Waals surface area contributed by atoms with Gasteiger partial charge in [0.05, 0.1) is 0 Å². The molecule has 2 heteroatoms. The summed E-state index contributed by atoms with van der Waals surface area (Å²) in [5, 5.41) is 0. The predicted molar refractivity (Wildman–Crippen MR) is 74.5 cm³/mol. The summed E-state index contributed by atoms with van der Waals surface area (Å²) in [6.07, 6.45) is 3.51. The molecule has 1 atom stereocenters. The Labute approximate surface area is 108 Å². The highest BCUT2D eigenvalue weighted by molar-refractivity contribution is 9.10. The summed E-state index contributed by atoms with van der Waals surface area (Å²) >= 11 is 3.63. The van der Waals surface area contributed by atoms with Crippen LogP contribution in [0.1, 0.15) is 50.3 Å². The lowest BCUT2D eigenvalue weighted by molar-refractivity contribution is 0.414. The van der Waals surface area contributed by atoms with Crippen LogP contribution in [0.2, 0.25) is 0 Å². The topological polar surface area (TPSA) is 26.0 Å². The first-order chi connectivity index (χ1) is 7.60. The third-order valence-corrected chi connectivity index (χ3v) is 4.45. The van der Waals surface area contributed by atoms with E-state index in [2.05, 4.69) is 54.9 Å². The SMILES string of the molecule is CCC(CC)CC(N)c1cccc(C)c1Br. The summed E-state index contributed by atoms with van der Waals surface area (Å²) < 4.78 is 1.17. The summed E-state index contributed by atoms with van der Waals surface area (Å²) in [5.41, 5.74) is 8.79. The van der Waals surface area contributed by atoms with Crippen LogP contribution >= 0.6 is 15.9 Å². The van der Waals surface area contributed by atoms with Gasteiger partial charge in [-0.25, -0.2) is 0 Å². The Morgan fingerprint density at radius 2 is 1.88 bits per heavy atom. The first-order valence-corrected chi connectivity index (χ1v) is 6.90. The van der Waals surface area contributed by atoms with Crippen molar-refractivity contribution >= 4 is 15.9 Å². The zero-order valence-electron chi connectivity index (χ0n) is 10.5. The van der Waals surface area contributed by atoms with Crippen LogP contribution < -0.4 is 5.73 Å². The third kappa shape index (κ3) is 3.33. The van der Waals surface area contributed by atoms with Crippen molar-refractivity contribution in [1.29, 1.82) is 0 Å². The van der Waals surface area contributed by atoms with Crippen molar-refractivity contribution in [3.05, 3.63) is 33.8 Å². The van der Waals surface area contributed by atoms with Gasteiger partial charge in [0, 0.05) is 10.5 Å². The van der Waals surface area contributed by atoms with E-state index in [9.17, 15) is 0 Å². The molecule has 1 nitrogen and oxygen atoms in total. The second-order valence-electron chi connectivity index (χ2n) is 4.50. The van der Waals surface area contributed by atoms with Gasteiger partial charge < -0.3 is 5.73 Å². The molecule has 16 heavy (non-hydrogen) atoms. The van der Waals surface area contributed by atoms with Crippen molar-refractivity contribution in [2.24, 2.45) is 11.7 Å². The van der Waals surface area contributed by atoms with E-state index in [-0.39, 0.29) is 6.04 Å². The number of hydrogen-bond donors (Lipinski definition) is 1. The predicted octanol–water partition coefficient (Wildman–Crippen LogP) is 4.58. The molecule has 0 aromatic heterocycles. The zero-order chi connectivity index (χ0) is 12.1. The fourth-order valence-corrected chi connectivity index (χ4v) is 2.62. The average molecular weight is 284 g/mol. The van der Waals surface area contributed by atoms with Gasteiger partial charge in [-0.2, -0.15) is 0 Å². The maximum Gasteiger partial charge on any atom is 0.0308 e. The average Bonchev–Trinajstić information content (AvgIpc) is 2.29. The van der Waals surface area contributed by atoms with Crippen LogP contribution in [0.15, 0.2) is 22.7 Å². The van der Waals surface area contributed by atoms with Crippen molar-refractivity contribution in [3.63, 3.8) is 0 Å². The second kappa shape index (κ2) is 6.41. The Hall–Kier alpha value is -0.340. The fourth-order valence-electron chi connectivity index (χ4n) is 2.06. The summed E-state index contributed by atoms with van der Waals surface area (Å²) in [6.45, 7) is 6.59. The van der Waals surface area contributed by atoms with Crippen LogP contribution in [0, 0.1) is 12.8 Å². The largest absolute Gasteiger partial charge is 0.324 e. The van der Waals surface area contributed by atoms with Gasteiger partial charge in [0.25, 0.3) is 0 Å². The van der Waals surface area contributed by atoms with E-state index in [1.807, 2.05) is 0 Å². The molecule has 0 fully saturated rings. The summed E-state index contributed by atoms with van der Waals surface area (Å²) in [7, 11) is 0. The highest BCUT2D eigenvalue weighted by Crippen LogP contribution is 2.30. The van der Waals surface area contributed by atoms with Gasteiger partial charge in [-0.05, 0) is 30.4 Å². The van der Waals surface area contributed by atoms with Gasteiger partial charge in [0.15, 0.2) is 0 Å². The molecule has 0 aliphatic carbocycles. The maximum atomic E-state index is 6.29. The van der Waals surface area contributed by atoms with Crippen LogP contribution in [0.3, 0.4) is 0 Å². The van der Waals surface area contributed by atoms with Crippen LogP contribution in [-0.4, -0.2) is 0 Å². The highest BCUT2D eigenvalue weighted by atomic mass is 79.9. The molecule has 0 aliphatic rings. The minimum atomic E-state index is 0.152. The lowest BCUT2D eigenvalue weighted by Gasteiger charge is -2.20. The van der Waals surface area contributed by atoms with E-state index in [0.29, 0.717) is 0 Å². The van der Waals surface area contributed by atoms with Gasteiger partial charge >= 0.3 is 0 Å². The van der Waals surface area contributed by atoms with E-state index in [0.717, 1.165) is 12.3 Å². The Balaban J connectivity index is 2.80. The Morgan fingerprint density at radius 3 is 2.44 bits per heavy atom. The molecule has 0 amide bonds.